The van der Waals surface area contributed by atoms with Crippen molar-refractivity contribution in [3.63, 3.8) is 0 Å². The minimum Gasteiger partial charge on any atom is -0.548 e. The standard InChI is InChI=1S/C13H26O5S.Na/c1-3-4-5-6-7-8-9-10-11-13(2,12(14)15)19(16,17)18;/h3-11H2,1-2H3,(H,14,15)(H,16,17,18);/q;+1/p-1. The summed E-state index contributed by atoms with van der Waals surface area (Å²) >= 11 is 0. The summed E-state index contributed by atoms with van der Waals surface area (Å²) in [6, 6.07) is 0. The second kappa shape index (κ2) is 11.0. The number of carboxylic acid groups (broad SMARTS) is 1. The number of hydrogen-bond acceptors (Lipinski definition) is 4. The summed E-state index contributed by atoms with van der Waals surface area (Å²) in [6.45, 7) is 3.15. The molecule has 20 heavy (non-hydrogen) atoms. The van der Waals surface area contributed by atoms with Crippen LogP contribution < -0.4 is 34.7 Å². The molecular formula is C13H25NaO5S. The molecule has 0 aromatic heterocycles. The minimum atomic E-state index is -4.63. The number of rotatable bonds is 11. The third kappa shape index (κ3) is 7.98. The van der Waals surface area contributed by atoms with Crippen molar-refractivity contribution >= 4 is 16.1 Å². The molecule has 0 heterocycles. The molecule has 0 aliphatic heterocycles. The summed E-state index contributed by atoms with van der Waals surface area (Å²) < 4.78 is 28.9. The second-order valence-electron chi connectivity index (χ2n) is 5.22. The van der Waals surface area contributed by atoms with E-state index < -0.39 is 20.8 Å². The predicted molar refractivity (Wildman–Crippen MR) is 72.2 cm³/mol. The molecule has 0 saturated heterocycles. The van der Waals surface area contributed by atoms with Crippen LogP contribution in [-0.4, -0.2) is 23.7 Å². The first kappa shape index (κ1) is 22.7. The van der Waals surface area contributed by atoms with E-state index >= 15 is 0 Å². The molecule has 1 N–H and O–H groups in total. The predicted octanol–water partition coefficient (Wildman–Crippen LogP) is -1.08. The molecule has 0 bridgehead atoms. The zero-order chi connectivity index (χ0) is 14.9. The summed E-state index contributed by atoms with van der Waals surface area (Å²) in [5, 5.41) is 10.9. The Morgan fingerprint density at radius 3 is 1.80 bits per heavy atom. The number of hydrogen-bond donors (Lipinski definition) is 1. The molecule has 0 aromatic carbocycles. The van der Waals surface area contributed by atoms with E-state index in [0.717, 1.165) is 32.6 Å². The molecule has 0 radical (unpaired) electrons. The van der Waals surface area contributed by atoms with E-state index in [2.05, 4.69) is 6.92 Å². The average Bonchev–Trinajstić information content (AvgIpc) is 2.30. The number of carbonyl (C=O) groups excluding carboxylic acids is 1. The molecule has 114 valence electrons. The molecule has 0 aliphatic rings. The smallest absolute Gasteiger partial charge is 0.548 e. The van der Waals surface area contributed by atoms with E-state index in [1.54, 1.807) is 0 Å². The van der Waals surface area contributed by atoms with Crippen molar-refractivity contribution in [3.8, 4) is 0 Å². The van der Waals surface area contributed by atoms with Gasteiger partial charge in [-0.25, -0.2) is 0 Å². The largest absolute Gasteiger partial charge is 1.00 e. The zero-order valence-corrected chi connectivity index (χ0v) is 15.7. The van der Waals surface area contributed by atoms with Gasteiger partial charge >= 0.3 is 29.6 Å². The van der Waals surface area contributed by atoms with Gasteiger partial charge in [0, 0.05) is 0 Å². The Balaban J connectivity index is 0. The Kier molecular flexibility index (Phi) is 12.5. The zero-order valence-electron chi connectivity index (χ0n) is 12.9. The minimum absolute atomic E-state index is 0. The summed E-state index contributed by atoms with van der Waals surface area (Å²) in [4.78, 5) is 10.9. The number of aliphatic carboxylic acids is 1. The molecule has 7 heteroatoms. The molecule has 5 nitrogen and oxygen atoms in total. The fraction of sp³-hybridized carbons (Fsp3) is 0.923. The van der Waals surface area contributed by atoms with Gasteiger partial charge in [0.25, 0.3) is 10.1 Å². The first-order valence-electron chi connectivity index (χ1n) is 6.94. The molecule has 0 aromatic rings. The molecule has 0 rings (SSSR count). The van der Waals surface area contributed by atoms with E-state index in [0.29, 0.717) is 6.42 Å². The van der Waals surface area contributed by atoms with Crippen LogP contribution in [-0.2, 0) is 14.9 Å². The Hall–Kier alpha value is 0.380. The van der Waals surface area contributed by atoms with Crippen LogP contribution in [0.1, 0.15) is 71.6 Å². The van der Waals surface area contributed by atoms with Crippen LogP contribution >= 0.6 is 0 Å². The van der Waals surface area contributed by atoms with Gasteiger partial charge in [-0.3, -0.25) is 4.55 Å². The van der Waals surface area contributed by atoms with Crippen LogP contribution in [0.25, 0.3) is 0 Å². The molecule has 1 atom stereocenters. The Labute approximate surface area is 144 Å². The van der Waals surface area contributed by atoms with Gasteiger partial charge in [-0.1, -0.05) is 58.3 Å². The summed E-state index contributed by atoms with van der Waals surface area (Å²) in [5.41, 5.74) is 0. The molecular weight excluding hydrogens is 291 g/mol. The fourth-order valence-electron chi connectivity index (χ4n) is 1.93. The van der Waals surface area contributed by atoms with Gasteiger partial charge in [-0.15, -0.1) is 0 Å². The number of unbranched alkanes of at least 4 members (excludes halogenated alkanes) is 7. The molecule has 0 amide bonds. The van der Waals surface area contributed by atoms with E-state index in [1.165, 1.54) is 19.3 Å². The van der Waals surface area contributed by atoms with Crippen molar-refractivity contribution in [1.82, 2.24) is 0 Å². The van der Waals surface area contributed by atoms with E-state index in [4.69, 9.17) is 4.55 Å². The molecule has 0 saturated carbocycles. The van der Waals surface area contributed by atoms with Gasteiger partial charge in [-0.2, -0.15) is 8.42 Å². The van der Waals surface area contributed by atoms with Crippen molar-refractivity contribution in [2.24, 2.45) is 0 Å². The maximum Gasteiger partial charge on any atom is 1.00 e. The second-order valence-corrected chi connectivity index (χ2v) is 7.07. The quantitative estimate of drug-likeness (QED) is 0.297. The van der Waals surface area contributed by atoms with E-state index in [-0.39, 0.29) is 36.0 Å². The Morgan fingerprint density at radius 2 is 1.45 bits per heavy atom. The van der Waals surface area contributed by atoms with Crippen LogP contribution in [0.3, 0.4) is 0 Å². The van der Waals surface area contributed by atoms with Crippen molar-refractivity contribution in [3.05, 3.63) is 0 Å². The molecule has 0 aliphatic carbocycles. The van der Waals surface area contributed by atoms with Gasteiger partial charge in [0.05, 0.1) is 5.97 Å². The first-order valence-corrected chi connectivity index (χ1v) is 8.38. The summed E-state index contributed by atoms with van der Waals surface area (Å²) in [5.74, 6) is -1.74. The van der Waals surface area contributed by atoms with Crippen LogP contribution in [0.5, 0.6) is 0 Å². The van der Waals surface area contributed by atoms with Gasteiger partial charge < -0.3 is 9.90 Å². The molecule has 0 spiro atoms. The Morgan fingerprint density at radius 1 is 1.05 bits per heavy atom. The van der Waals surface area contributed by atoms with Crippen molar-refractivity contribution in [2.45, 2.75) is 76.4 Å². The maximum absolute atomic E-state index is 11.1. The van der Waals surface area contributed by atoms with Crippen LogP contribution in [0.4, 0.5) is 0 Å². The molecule has 0 fully saturated rings. The average molecular weight is 316 g/mol. The fourth-order valence-corrected chi connectivity index (χ4v) is 2.55. The van der Waals surface area contributed by atoms with Gasteiger partial charge in [0.2, 0.25) is 0 Å². The summed E-state index contributed by atoms with van der Waals surface area (Å²) in [6.07, 6.45) is 7.93. The third-order valence-electron chi connectivity index (χ3n) is 3.51. The topological polar surface area (TPSA) is 94.5 Å². The first-order chi connectivity index (χ1) is 8.75. The van der Waals surface area contributed by atoms with Gasteiger partial charge in [-0.05, 0) is 13.3 Å². The van der Waals surface area contributed by atoms with Crippen molar-refractivity contribution in [2.75, 3.05) is 0 Å². The van der Waals surface area contributed by atoms with E-state index in [1.807, 2.05) is 0 Å². The summed E-state index contributed by atoms with van der Waals surface area (Å²) in [7, 11) is -4.63. The SMILES string of the molecule is CCCCCCCCCCC(C)(C(=O)[O-])S(=O)(=O)O.[Na+]. The Bertz CT molecular complexity index is 369. The molecule has 1 unspecified atom stereocenters. The van der Waals surface area contributed by atoms with Crippen LogP contribution in [0, 0.1) is 0 Å². The van der Waals surface area contributed by atoms with Crippen LogP contribution in [0.2, 0.25) is 0 Å². The normalized spacial score (nSPS) is 14.3. The van der Waals surface area contributed by atoms with Crippen LogP contribution in [0.15, 0.2) is 0 Å². The maximum atomic E-state index is 11.1. The van der Waals surface area contributed by atoms with Gasteiger partial charge in [0.1, 0.15) is 4.75 Å². The van der Waals surface area contributed by atoms with Crippen molar-refractivity contribution in [1.29, 1.82) is 0 Å². The number of carbonyl (C=O) groups is 1. The van der Waals surface area contributed by atoms with Gasteiger partial charge in [0.15, 0.2) is 0 Å². The van der Waals surface area contributed by atoms with E-state index in [9.17, 15) is 18.3 Å². The third-order valence-corrected chi connectivity index (χ3v) is 5.02. The monoisotopic (exact) mass is 316 g/mol. The van der Waals surface area contributed by atoms with Crippen molar-refractivity contribution < 1.29 is 52.4 Å². The number of carboxylic acids is 1.